The van der Waals surface area contributed by atoms with Gasteiger partial charge in [0.25, 0.3) is 11.8 Å². The molecule has 0 saturated heterocycles. The minimum Gasteiger partial charge on any atom is -0.322 e. The van der Waals surface area contributed by atoms with Crippen LogP contribution in [-0.4, -0.2) is 28.7 Å². The maximum Gasteiger partial charge on any atom is 0.262 e. The summed E-state index contributed by atoms with van der Waals surface area (Å²) >= 11 is 5.86. The number of carbonyl (C=O) groups excluding carboxylic acids is 3. The second-order valence-electron chi connectivity index (χ2n) is 6.78. The largest absolute Gasteiger partial charge is 0.322 e. The van der Waals surface area contributed by atoms with Crippen molar-refractivity contribution < 1.29 is 18.8 Å². The van der Waals surface area contributed by atoms with Gasteiger partial charge in [0.15, 0.2) is 0 Å². The molecular weight excluding hydrogens is 371 g/mol. The average Bonchev–Trinajstić information content (AvgIpc) is 2.87. The van der Waals surface area contributed by atoms with Crippen LogP contribution in [0.1, 0.15) is 41.0 Å². The van der Waals surface area contributed by atoms with Gasteiger partial charge in [0.2, 0.25) is 5.91 Å². The van der Waals surface area contributed by atoms with E-state index < -0.39 is 29.6 Å². The van der Waals surface area contributed by atoms with Crippen molar-refractivity contribution in [2.45, 2.75) is 26.3 Å². The van der Waals surface area contributed by atoms with Crippen LogP contribution in [-0.2, 0) is 4.79 Å². The van der Waals surface area contributed by atoms with Gasteiger partial charge in [0, 0.05) is 5.02 Å². The van der Waals surface area contributed by atoms with Crippen LogP contribution in [0.4, 0.5) is 10.1 Å². The molecule has 1 N–H and O–H groups in total. The molecule has 7 heteroatoms. The second kappa shape index (κ2) is 7.48. The Morgan fingerprint density at radius 1 is 1.11 bits per heavy atom. The number of imide groups is 1. The van der Waals surface area contributed by atoms with Crippen molar-refractivity contribution in [3.63, 3.8) is 0 Å². The zero-order valence-electron chi connectivity index (χ0n) is 14.8. The number of anilines is 1. The van der Waals surface area contributed by atoms with E-state index in [-0.39, 0.29) is 34.2 Å². The van der Waals surface area contributed by atoms with Gasteiger partial charge in [0.05, 0.1) is 16.8 Å². The molecule has 3 rings (SSSR count). The van der Waals surface area contributed by atoms with Gasteiger partial charge in [-0.1, -0.05) is 37.6 Å². The summed E-state index contributed by atoms with van der Waals surface area (Å²) in [5.41, 5.74) is 0.425. The predicted molar refractivity (Wildman–Crippen MR) is 100 cm³/mol. The van der Waals surface area contributed by atoms with Crippen LogP contribution in [0.2, 0.25) is 5.02 Å². The Morgan fingerprint density at radius 3 is 2.26 bits per heavy atom. The smallest absolute Gasteiger partial charge is 0.262 e. The second-order valence-corrected chi connectivity index (χ2v) is 7.22. The minimum atomic E-state index is -1.06. The van der Waals surface area contributed by atoms with Gasteiger partial charge in [-0.2, -0.15) is 0 Å². The molecule has 1 aliphatic heterocycles. The molecule has 3 amide bonds. The lowest BCUT2D eigenvalue weighted by Crippen LogP contribution is -2.48. The third kappa shape index (κ3) is 3.71. The van der Waals surface area contributed by atoms with Crippen LogP contribution in [0.5, 0.6) is 0 Å². The van der Waals surface area contributed by atoms with Crippen LogP contribution in [0, 0.1) is 11.7 Å². The molecule has 0 bridgehead atoms. The van der Waals surface area contributed by atoms with Crippen molar-refractivity contribution in [2.24, 2.45) is 5.92 Å². The van der Waals surface area contributed by atoms with Crippen molar-refractivity contribution in [1.29, 1.82) is 0 Å². The normalized spacial score (nSPS) is 14.5. The molecule has 5 nitrogen and oxygen atoms in total. The molecule has 0 spiro atoms. The zero-order valence-corrected chi connectivity index (χ0v) is 15.6. The number of amides is 3. The monoisotopic (exact) mass is 388 g/mol. The van der Waals surface area contributed by atoms with E-state index in [4.69, 9.17) is 11.6 Å². The van der Waals surface area contributed by atoms with Gasteiger partial charge in [-0.15, -0.1) is 0 Å². The molecule has 0 radical (unpaired) electrons. The summed E-state index contributed by atoms with van der Waals surface area (Å²) in [7, 11) is 0. The Kier molecular flexibility index (Phi) is 5.28. The van der Waals surface area contributed by atoms with Gasteiger partial charge >= 0.3 is 0 Å². The number of hydrogen-bond acceptors (Lipinski definition) is 3. The summed E-state index contributed by atoms with van der Waals surface area (Å²) in [5, 5.41) is 2.71. The maximum absolute atomic E-state index is 14.0. The molecule has 1 atom stereocenters. The number of nitrogens with zero attached hydrogens (tertiary/aromatic N) is 1. The van der Waals surface area contributed by atoms with E-state index >= 15 is 0 Å². The quantitative estimate of drug-likeness (QED) is 0.783. The molecule has 0 aliphatic carbocycles. The SMILES string of the molecule is CC(C)C[C@H](C(=O)Nc1cc(Cl)ccc1F)N1C(=O)c2ccccc2C1=O. The van der Waals surface area contributed by atoms with Gasteiger partial charge in [-0.3, -0.25) is 19.3 Å². The van der Waals surface area contributed by atoms with E-state index in [1.807, 2.05) is 13.8 Å². The van der Waals surface area contributed by atoms with Crippen LogP contribution in [0.3, 0.4) is 0 Å². The fourth-order valence-corrected chi connectivity index (χ4v) is 3.25. The Bertz CT molecular complexity index is 894. The van der Waals surface area contributed by atoms with Crippen molar-refractivity contribution >= 4 is 35.0 Å². The summed E-state index contributed by atoms with van der Waals surface area (Å²) in [6.07, 6.45) is 0.249. The topological polar surface area (TPSA) is 66.5 Å². The number of rotatable bonds is 5. The van der Waals surface area contributed by atoms with Crippen molar-refractivity contribution in [3.8, 4) is 0 Å². The first-order chi connectivity index (χ1) is 12.8. The number of hydrogen-bond donors (Lipinski definition) is 1. The number of nitrogens with one attached hydrogen (secondary N) is 1. The Morgan fingerprint density at radius 2 is 1.70 bits per heavy atom. The van der Waals surface area contributed by atoms with E-state index in [0.29, 0.717) is 0 Å². The highest BCUT2D eigenvalue weighted by Gasteiger charge is 2.42. The summed E-state index contributed by atoms with van der Waals surface area (Å²) in [6, 6.07) is 9.14. The molecule has 0 unspecified atom stereocenters. The number of benzene rings is 2. The maximum atomic E-state index is 14.0. The lowest BCUT2D eigenvalue weighted by molar-refractivity contribution is -0.120. The van der Waals surface area contributed by atoms with E-state index in [9.17, 15) is 18.8 Å². The lowest BCUT2D eigenvalue weighted by atomic mass is 10.0. The Hall–Kier alpha value is -2.73. The molecule has 27 heavy (non-hydrogen) atoms. The molecule has 1 aliphatic rings. The number of fused-ring (bicyclic) bond motifs is 1. The third-order valence-corrected chi connectivity index (χ3v) is 4.56. The Balaban J connectivity index is 1.93. The van der Waals surface area contributed by atoms with Gasteiger partial charge in [0.1, 0.15) is 11.9 Å². The average molecular weight is 389 g/mol. The molecule has 140 valence electrons. The van der Waals surface area contributed by atoms with Crippen LogP contribution < -0.4 is 5.32 Å². The summed E-state index contributed by atoms with van der Waals surface area (Å²) in [6.45, 7) is 3.75. The van der Waals surface area contributed by atoms with Gasteiger partial charge < -0.3 is 5.32 Å². The van der Waals surface area contributed by atoms with Crippen molar-refractivity contribution in [3.05, 3.63) is 64.4 Å². The van der Waals surface area contributed by atoms with Crippen LogP contribution >= 0.6 is 11.6 Å². The Labute approximate surface area is 161 Å². The number of carbonyl (C=O) groups is 3. The van der Waals surface area contributed by atoms with Gasteiger partial charge in [-0.05, 0) is 42.7 Å². The molecule has 0 aromatic heterocycles. The highest BCUT2D eigenvalue weighted by molar-refractivity contribution is 6.31. The van der Waals surface area contributed by atoms with Crippen molar-refractivity contribution in [2.75, 3.05) is 5.32 Å². The molecule has 1 heterocycles. The fourth-order valence-electron chi connectivity index (χ4n) is 3.08. The molecular formula is C20H18ClFN2O3. The van der Waals surface area contributed by atoms with E-state index in [1.54, 1.807) is 24.3 Å². The first-order valence-electron chi connectivity index (χ1n) is 8.52. The first kappa shape index (κ1) is 19.0. The molecule has 0 fully saturated rings. The van der Waals surface area contributed by atoms with E-state index in [1.165, 1.54) is 12.1 Å². The standard InChI is InChI=1S/C20H18ClFN2O3/c1-11(2)9-17(18(25)23-16-10-12(21)7-8-15(16)22)24-19(26)13-5-3-4-6-14(13)20(24)27/h3-8,10-11,17H,9H2,1-2H3,(H,23,25)/t17-/m1/s1. The van der Waals surface area contributed by atoms with Gasteiger partial charge in [-0.25, -0.2) is 4.39 Å². The van der Waals surface area contributed by atoms with Crippen LogP contribution in [0.25, 0.3) is 0 Å². The molecule has 0 saturated carbocycles. The van der Waals surface area contributed by atoms with E-state index in [0.717, 1.165) is 11.0 Å². The summed E-state index contributed by atoms with van der Waals surface area (Å²) < 4.78 is 14.0. The van der Waals surface area contributed by atoms with Crippen molar-refractivity contribution in [1.82, 2.24) is 4.90 Å². The third-order valence-electron chi connectivity index (χ3n) is 4.32. The highest BCUT2D eigenvalue weighted by Crippen LogP contribution is 2.28. The zero-order chi connectivity index (χ0) is 19.7. The first-order valence-corrected chi connectivity index (χ1v) is 8.90. The minimum absolute atomic E-state index is 0.0225. The predicted octanol–water partition coefficient (Wildman–Crippen LogP) is 4.13. The summed E-state index contributed by atoms with van der Waals surface area (Å²) in [4.78, 5) is 39.3. The molecule has 2 aromatic carbocycles. The molecule has 2 aromatic rings. The van der Waals surface area contributed by atoms with E-state index in [2.05, 4.69) is 5.32 Å². The highest BCUT2D eigenvalue weighted by atomic mass is 35.5. The summed E-state index contributed by atoms with van der Waals surface area (Å²) in [5.74, 6) is -2.32. The lowest BCUT2D eigenvalue weighted by Gasteiger charge is -2.26. The number of halogens is 2. The fraction of sp³-hybridized carbons (Fsp3) is 0.250. The van der Waals surface area contributed by atoms with Crippen LogP contribution in [0.15, 0.2) is 42.5 Å².